The van der Waals surface area contributed by atoms with Gasteiger partial charge in [0, 0.05) is 22.6 Å². The lowest BCUT2D eigenvalue weighted by atomic mass is 10.1. The summed E-state index contributed by atoms with van der Waals surface area (Å²) in [7, 11) is -4.03. The lowest BCUT2D eigenvalue weighted by molar-refractivity contribution is -0.119. The molecule has 0 spiro atoms. The predicted octanol–water partition coefficient (Wildman–Crippen LogP) is 5.50. The minimum Gasteiger partial charge on any atom is -0.318 e. The molecule has 0 aliphatic rings. The fourth-order valence-corrected chi connectivity index (χ4v) is 5.95. The molecule has 3 aromatic carbocycles. The van der Waals surface area contributed by atoms with Gasteiger partial charge in [-0.25, -0.2) is 18.2 Å². The third-order valence-electron chi connectivity index (χ3n) is 6.47. The van der Waals surface area contributed by atoms with Gasteiger partial charge in [0.05, 0.1) is 16.8 Å². The normalized spacial score (nSPS) is 11.6. The zero-order valence-electron chi connectivity index (χ0n) is 22.6. The molecule has 0 radical (unpaired) electrons. The number of benzene rings is 3. The van der Waals surface area contributed by atoms with Crippen LogP contribution in [0.2, 0.25) is 0 Å². The molecule has 0 unspecified atom stereocenters. The Labute approximate surface area is 228 Å². The number of carbonyl (C=O) groups excluding carboxylic acids is 1. The molecule has 9 heteroatoms. The largest absolute Gasteiger partial charge is 0.318 e. The highest BCUT2D eigenvalue weighted by Gasteiger charge is 2.28. The van der Waals surface area contributed by atoms with Crippen molar-refractivity contribution in [3.63, 3.8) is 0 Å². The summed E-state index contributed by atoms with van der Waals surface area (Å²) in [6.07, 6.45) is 1.51. The molecule has 4 aromatic rings. The van der Waals surface area contributed by atoms with Crippen LogP contribution in [0.15, 0.2) is 82.8 Å². The van der Waals surface area contributed by atoms with Crippen molar-refractivity contribution in [2.45, 2.75) is 39.5 Å². The summed E-state index contributed by atoms with van der Waals surface area (Å²) in [4.78, 5) is 13.1. The maximum absolute atomic E-state index is 13.6. The van der Waals surface area contributed by atoms with Gasteiger partial charge in [0.1, 0.15) is 12.4 Å². The van der Waals surface area contributed by atoms with Crippen LogP contribution in [0.3, 0.4) is 0 Å². The third-order valence-corrected chi connectivity index (χ3v) is 8.24. The second-order valence-corrected chi connectivity index (χ2v) is 11.4. The molecule has 0 fully saturated rings. The summed E-state index contributed by atoms with van der Waals surface area (Å²) in [6.45, 7) is 8.98. The Bertz CT molecular complexity index is 1640. The van der Waals surface area contributed by atoms with Gasteiger partial charge in [0.25, 0.3) is 15.9 Å². The minimum absolute atomic E-state index is 0.0950. The van der Waals surface area contributed by atoms with Gasteiger partial charge in [-0.3, -0.25) is 9.10 Å². The van der Waals surface area contributed by atoms with Crippen molar-refractivity contribution in [2.75, 3.05) is 10.8 Å². The quantitative estimate of drug-likeness (QED) is 0.234. The first-order valence-corrected chi connectivity index (χ1v) is 13.8. The zero-order valence-corrected chi connectivity index (χ0v) is 23.4. The van der Waals surface area contributed by atoms with Crippen LogP contribution in [-0.4, -0.2) is 31.7 Å². The number of anilines is 1. The monoisotopic (exact) mass is 546 g/mol. The van der Waals surface area contributed by atoms with Gasteiger partial charge in [-0.15, -0.1) is 0 Å². The zero-order chi connectivity index (χ0) is 28.3. The maximum atomic E-state index is 13.6. The van der Waals surface area contributed by atoms with Crippen molar-refractivity contribution in [1.29, 1.82) is 0 Å². The van der Waals surface area contributed by atoms with Crippen LogP contribution in [0.5, 0.6) is 0 Å². The highest BCUT2D eigenvalue weighted by molar-refractivity contribution is 7.92. The number of hydrazone groups is 1. The van der Waals surface area contributed by atoms with Crippen LogP contribution in [0.25, 0.3) is 5.69 Å². The fraction of sp³-hybridized carbons (Fsp3) is 0.200. The number of nitrogens with zero attached hydrogens (tertiary/aromatic N) is 3. The summed E-state index contributed by atoms with van der Waals surface area (Å²) in [6, 6.07) is 20.0. The first kappa shape index (κ1) is 27.8. The van der Waals surface area contributed by atoms with Crippen LogP contribution in [0, 0.1) is 40.4 Å². The minimum atomic E-state index is -4.03. The number of halogens is 1. The van der Waals surface area contributed by atoms with Gasteiger partial charge < -0.3 is 4.57 Å². The molecule has 1 N–H and O–H groups in total. The molecule has 1 heterocycles. The molecule has 39 heavy (non-hydrogen) atoms. The van der Waals surface area contributed by atoms with E-state index >= 15 is 0 Å². The molecule has 7 nitrogen and oxygen atoms in total. The van der Waals surface area contributed by atoms with E-state index < -0.39 is 22.5 Å². The van der Waals surface area contributed by atoms with E-state index in [1.165, 1.54) is 30.5 Å². The van der Waals surface area contributed by atoms with Gasteiger partial charge in [-0.05, 0) is 88.7 Å². The lowest BCUT2D eigenvalue weighted by Gasteiger charge is -2.25. The van der Waals surface area contributed by atoms with Gasteiger partial charge in [-0.2, -0.15) is 5.10 Å². The van der Waals surface area contributed by atoms with Gasteiger partial charge in [-0.1, -0.05) is 35.4 Å². The van der Waals surface area contributed by atoms with Crippen LogP contribution in [0.4, 0.5) is 10.1 Å². The SMILES string of the molecule is Cc1ccc(S(=O)(=O)N(CC(=O)N/N=C\c2cc(C)n(-c3ccc(F)cc3)c2C)c2ccc(C)cc2C)cc1. The smallest absolute Gasteiger partial charge is 0.264 e. The van der Waals surface area contributed by atoms with Crippen molar-refractivity contribution in [3.05, 3.63) is 112 Å². The lowest BCUT2D eigenvalue weighted by Crippen LogP contribution is -2.40. The van der Waals surface area contributed by atoms with Crippen molar-refractivity contribution in [3.8, 4) is 5.69 Å². The molecule has 0 bridgehead atoms. The predicted molar refractivity (Wildman–Crippen MR) is 153 cm³/mol. The number of amides is 1. The first-order chi connectivity index (χ1) is 18.5. The summed E-state index contributed by atoms with van der Waals surface area (Å²) < 4.78 is 43.7. The molecule has 0 aliphatic carbocycles. The number of aryl methyl sites for hydroxylation is 4. The Morgan fingerprint density at radius 3 is 2.21 bits per heavy atom. The molecule has 1 amide bonds. The van der Waals surface area contributed by atoms with Gasteiger partial charge in [0.2, 0.25) is 0 Å². The Hall–Kier alpha value is -4.24. The Balaban J connectivity index is 1.57. The van der Waals surface area contributed by atoms with E-state index in [0.29, 0.717) is 5.69 Å². The molecule has 202 valence electrons. The highest BCUT2D eigenvalue weighted by Crippen LogP contribution is 2.28. The molecule has 4 rings (SSSR count). The first-order valence-electron chi connectivity index (χ1n) is 12.4. The Morgan fingerprint density at radius 2 is 1.56 bits per heavy atom. The number of aromatic nitrogens is 1. The number of nitrogens with one attached hydrogen (secondary N) is 1. The van der Waals surface area contributed by atoms with Crippen molar-refractivity contribution in [1.82, 2.24) is 9.99 Å². The molecule has 1 aromatic heterocycles. The Kier molecular flexibility index (Phi) is 8.01. The highest BCUT2D eigenvalue weighted by atomic mass is 32.2. The standard InChI is InChI=1S/C30H31FN4O3S/c1-20-6-13-28(14-7-20)39(37,38)34(29-15-8-21(2)16-22(29)3)19-30(36)33-32-18-25-17-23(4)35(24(25)5)27-11-9-26(31)10-12-27/h6-18H,19H2,1-5H3,(H,33,36)/b32-18-. The number of rotatable bonds is 8. The van der Waals surface area contributed by atoms with Gasteiger partial charge in [0.15, 0.2) is 0 Å². The van der Waals surface area contributed by atoms with E-state index in [9.17, 15) is 17.6 Å². The molecule has 0 saturated heterocycles. The number of hydrogen-bond acceptors (Lipinski definition) is 4. The van der Waals surface area contributed by atoms with Crippen LogP contribution in [-0.2, 0) is 14.8 Å². The van der Waals surface area contributed by atoms with E-state index in [1.807, 2.05) is 57.4 Å². The van der Waals surface area contributed by atoms with Crippen LogP contribution in [0.1, 0.15) is 33.6 Å². The fourth-order valence-electron chi connectivity index (χ4n) is 4.47. The number of hydrogen-bond donors (Lipinski definition) is 1. The van der Waals surface area contributed by atoms with Crippen molar-refractivity contribution in [2.24, 2.45) is 5.10 Å². The van der Waals surface area contributed by atoms with E-state index in [2.05, 4.69) is 10.5 Å². The van der Waals surface area contributed by atoms with Crippen molar-refractivity contribution >= 4 is 27.8 Å². The average Bonchev–Trinajstić information content (AvgIpc) is 3.16. The summed E-state index contributed by atoms with van der Waals surface area (Å²) in [5.41, 5.74) is 8.86. The average molecular weight is 547 g/mol. The second-order valence-electron chi connectivity index (χ2n) is 9.55. The molecule has 0 saturated carbocycles. The maximum Gasteiger partial charge on any atom is 0.264 e. The Morgan fingerprint density at radius 1 is 0.923 bits per heavy atom. The van der Waals surface area contributed by atoms with E-state index in [4.69, 9.17) is 0 Å². The summed E-state index contributed by atoms with van der Waals surface area (Å²) >= 11 is 0. The molecular weight excluding hydrogens is 515 g/mol. The number of sulfonamides is 1. The molecule has 0 aliphatic heterocycles. The number of carbonyl (C=O) groups is 1. The van der Waals surface area contributed by atoms with Crippen LogP contribution < -0.4 is 9.73 Å². The molecule has 0 atom stereocenters. The molecular formula is C30H31FN4O3S. The summed E-state index contributed by atoms with van der Waals surface area (Å²) in [5.74, 6) is -0.903. The van der Waals surface area contributed by atoms with Crippen molar-refractivity contribution < 1.29 is 17.6 Å². The topological polar surface area (TPSA) is 83.8 Å². The van der Waals surface area contributed by atoms with E-state index in [0.717, 1.165) is 43.6 Å². The third kappa shape index (κ3) is 6.09. The van der Waals surface area contributed by atoms with Crippen LogP contribution >= 0.6 is 0 Å². The van der Waals surface area contributed by atoms with E-state index in [-0.39, 0.29) is 10.7 Å². The second kappa shape index (κ2) is 11.2. The summed E-state index contributed by atoms with van der Waals surface area (Å²) in [5, 5.41) is 4.09. The van der Waals surface area contributed by atoms with E-state index in [1.54, 1.807) is 30.3 Å². The van der Waals surface area contributed by atoms with Gasteiger partial charge >= 0.3 is 0 Å².